The van der Waals surface area contributed by atoms with Crippen LogP contribution in [0.25, 0.3) is 0 Å². The van der Waals surface area contributed by atoms with Crippen molar-refractivity contribution in [1.29, 1.82) is 0 Å². The molecule has 1 amide bonds. The molecule has 0 bridgehead atoms. The molecule has 0 saturated heterocycles. The normalized spacial score (nSPS) is 10.9. The number of hydrogen-bond donors (Lipinski definition) is 2. The van der Waals surface area contributed by atoms with Crippen molar-refractivity contribution in [3.05, 3.63) is 69.2 Å². The minimum Gasteiger partial charge on any atom is -0.493 e. The predicted molar refractivity (Wildman–Crippen MR) is 120 cm³/mol. The maximum Gasteiger partial charge on any atom is 0.283 e. The summed E-state index contributed by atoms with van der Waals surface area (Å²) in [6.07, 6.45) is 2.11. The topological polar surface area (TPSA) is 98.8 Å². The van der Waals surface area contributed by atoms with Crippen LogP contribution in [-0.4, -0.2) is 24.2 Å². The third kappa shape index (κ3) is 5.08. The highest BCUT2D eigenvalue weighted by molar-refractivity contribution is 7.17. The van der Waals surface area contributed by atoms with Crippen LogP contribution in [0.3, 0.4) is 0 Å². The van der Waals surface area contributed by atoms with Crippen LogP contribution in [0.5, 0.6) is 11.5 Å². The van der Waals surface area contributed by atoms with Gasteiger partial charge in [-0.05, 0) is 24.6 Å². The van der Waals surface area contributed by atoms with Crippen molar-refractivity contribution in [2.24, 2.45) is 5.10 Å². The van der Waals surface area contributed by atoms with Crippen LogP contribution in [0, 0.1) is 0 Å². The van der Waals surface area contributed by atoms with Crippen LogP contribution in [0.1, 0.15) is 33.4 Å². The van der Waals surface area contributed by atoms with Crippen molar-refractivity contribution in [2.45, 2.75) is 20.0 Å². The lowest BCUT2D eigenvalue weighted by atomic mass is 10.2. The molecule has 30 heavy (non-hydrogen) atoms. The number of ether oxygens (including phenoxy) is 2. The quantitative estimate of drug-likeness (QED) is 0.398. The predicted octanol–water partition coefficient (Wildman–Crippen LogP) is 4.29. The van der Waals surface area contributed by atoms with E-state index in [0.717, 1.165) is 16.9 Å². The van der Waals surface area contributed by atoms with Crippen LogP contribution in [0.2, 0.25) is 5.02 Å². The third-order valence-corrected chi connectivity index (χ3v) is 5.48. The largest absolute Gasteiger partial charge is 0.493 e. The smallest absolute Gasteiger partial charge is 0.283 e. The number of carbonyl (C=O) groups is 1. The first-order chi connectivity index (χ1) is 14.5. The van der Waals surface area contributed by atoms with Crippen LogP contribution < -0.4 is 20.6 Å². The van der Waals surface area contributed by atoms with Crippen molar-refractivity contribution in [3.63, 3.8) is 0 Å². The third-order valence-electron chi connectivity index (χ3n) is 4.18. The Morgan fingerprint density at radius 2 is 2.10 bits per heavy atom. The Morgan fingerprint density at radius 3 is 2.83 bits per heavy atom. The molecule has 0 spiro atoms. The monoisotopic (exact) mass is 444 g/mol. The molecule has 156 valence electrons. The van der Waals surface area contributed by atoms with Crippen molar-refractivity contribution in [1.82, 2.24) is 10.4 Å². The van der Waals surface area contributed by atoms with E-state index in [1.807, 2.05) is 37.3 Å². The molecule has 3 N–H and O–H groups in total. The van der Waals surface area contributed by atoms with Gasteiger partial charge in [-0.2, -0.15) is 5.10 Å². The molecule has 0 fully saturated rings. The lowest BCUT2D eigenvalue weighted by molar-refractivity contribution is 0.0958. The fraction of sp³-hybridized carbons (Fsp3) is 0.190. The number of nitrogen functional groups attached to an aromatic ring is 1. The second-order valence-electron chi connectivity index (χ2n) is 6.14. The summed E-state index contributed by atoms with van der Waals surface area (Å²) in [5, 5.41) is 5.03. The number of halogens is 1. The lowest BCUT2D eigenvalue weighted by Gasteiger charge is -2.13. The van der Waals surface area contributed by atoms with Crippen LogP contribution in [0.15, 0.2) is 47.6 Å². The number of anilines is 1. The number of hydrazone groups is 1. The van der Waals surface area contributed by atoms with Gasteiger partial charge in [0, 0.05) is 16.1 Å². The average Bonchev–Trinajstić information content (AvgIpc) is 3.14. The summed E-state index contributed by atoms with van der Waals surface area (Å²) in [6, 6.07) is 12.8. The van der Waals surface area contributed by atoms with Gasteiger partial charge < -0.3 is 15.2 Å². The Bertz CT molecular complexity index is 1070. The van der Waals surface area contributed by atoms with Gasteiger partial charge in [0.05, 0.1) is 19.0 Å². The van der Waals surface area contributed by atoms with Crippen LogP contribution in [-0.2, 0) is 13.0 Å². The first kappa shape index (κ1) is 21.6. The Balaban J connectivity index is 1.76. The van der Waals surface area contributed by atoms with Gasteiger partial charge in [-0.25, -0.2) is 10.4 Å². The molecule has 0 aliphatic heterocycles. The number of carbonyl (C=O) groups excluding carboxylic acids is 1. The lowest BCUT2D eigenvalue weighted by Crippen LogP contribution is -2.18. The van der Waals surface area contributed by atoms with Crippen molar-refractivity contribution in [3.8, 4) is 11.5 Å². The minimum atomic E-state index is -0.362. The Labute approximate surface area is 183 Å². The van der Waals surface area contributed by atoms with Crippen LogP contribution in [0.4, 0.5) is 5.13 Å². The zero-order valence-corrected chi connectivity index (χ0v) is 18.1. The number of benzene rings is 2. The van der Waals surface area contributed by atoms with Gasteiger partial charge in [0.15, 0.2) is 16.6 Å². The Morgan fingerprint density at radius 1 is 1.30 bits per heavy atom. The maximum absolute atomic E-state index is 12.4. The SMILES string of the molecule is CCc1nc(N)sc1C(=O)N/N=C/c1cccc(OC)c1OCc1ccccc1Cl. The van der Waals surface area contributed by atoms with Gasteiger partial charge in [0.1, 0.15) is 11.5 Å². The fourth-order valence-electron chi connectivity index (χ4n) is 2.71. The molecule has 7 nitrogen and oxygen atoms in total. The number of nitrogens with zero attached hydrogens (tertiary/aromatic N) is 2. The Kier molecular flexibility index (Phi) is 7.26. The molecule has 3 aromatic rings. The average molecular weight is 445 g/mol. The number of nitrogens with two attached hydrogens (primary N) is 1. The molecule has 0 atom stereocenters. The summed E-state index contributed by atoms with van der Waals surface area (Å²) in [4.78, 5) is 17.0. The van der Waals surface area contributed by atoms with Crippen molar-refractivity contribution in [2.75, 3.05) is 12.8 Å². The van der Waals surface area contributed by atoms with Gasteiger partial charge in [-0.1, -0.05) is 54.1 Å². The molecule has 0 unspecified atom stereocenters. The van der Waals surface area contributed by atoms with Crippen molar-refractivity contribution < 1.29 is 14.3 Å². The molecule has 0 aliphatic rings. The number of methoxy groups -OCH3 is 1. The number of rotatable bonds is 8. The fourth-order valence-corrected chi connectivity index (χ4v) is 3.71. The van der Waals surface area contributed by atoms with Gasteiger partial charge in [-0.15, -0.1) is 0 Å². The summed E-state index contributed by atoms with van der Waals surface area (Å²) < 4.78 is 11.4. The second-order valence-corrected chi connectivity index (χ2v) is 7.58. The van der Waals surface area contributed by atoms with Gasteiger partial charge in [0.25, 0.3) is 5.91 Å². The van der Waals surface area contributed by atoms with E-state index in [9.17, 15) is 4.79 Å². The molecular weight excluding hydrogens is 424 g/mol. The van der Waals surface area contributed by atoms with E-state index in [4.69, 9.17) is 26.8 Å². The van der Waals surface area contributed by atoms with E-state index < -0.39 is 0 Å². The molecular formula is C21H21ClN4O3S. The van der Waals surface area contributed by atoms with Crippen LogP contribution >= 0.6 is 22.9 Å². The minimum absolute atomic E-state index is 0.257. The Hall–Kier alpha value is -3.10. The molecule has 0 aliphatic carbocycles. The van der Waals surface area contributed by atoms with Gasteiger partial charge >= 0.3 is 0 Å². The highest BCUT2D eigenvalue weighted by Crippen LogP contribution is 2.31. The number of amides is 1. The number of aryl methyl sites for hydroxylation is 1. The molecule has 9 heteroatoms. The molecule has 3 rings (SSSR count). The zero-order chi connectivity index (χ0) is 21.5. The number of thiazole rings is 1. The molecule has 0 saturated carbocycles. The molecule has 1 aromatic heterocycles. The van der Waals surface area contributed by atoms with E-state index in [1.54, 1.807) is 19.2 Å². The highest BCUT2D eigenvalue weighted by atomic mass is 35.5. The first-order valence-electron chi connectivity index (χ1n) is 9.15. The maximum atomic E-state index is 12.4. The highest BCUT2D eigenvalue weighted by Gasteiger charge is 2.16. The standard InChI is InChI=1S/C21H21ClN4O3S/c1-3-16-19(30-21(23)25-16)20(27)26-24-11-13-8-6-10-17(28-2)18(13)29-12-14-7-4-5-9-15(14)22/h4-11H,3,12H2,1-2H3,(H2,23,25)(H,26,27)/b24-11+. The number of para-hydroxylation sites is 1. The summed E-state index contributed by atoms with van der Waals surface area (Å²) in [6.45, 7) is 2.17. The van der Waals surface area contributed by atoms with E-state index in [1.165, 1.54) is 6.21 Å². The van der Waals surface area contributed by atoms with E-state index in [2.05, 4.69) is 15.5 Å². The van der Waals surface area contributed by atoms with E-state index in [0.29, 0.717) is 44.2 Å². The second kappa shape index (κ2) is 10.1. The molecule has 1 heterocycles. The van der Waals surface area contributed by atoms with E-state index in [-0.39, 0.29) is 12.5 Å². The van der Waals surface area contributed by atoms with E-state index >= 15 is 0 Å². The number of aromatic nitrogens is 1. The molecule has 2 aromatic carbocycles. The number of nitrogens with one attached hydrogen (secondary N) is 1. The van der Waals surface area contributed by atoms with Gasteiger partial charge in [-0.3, -0.25) is 4.79 Å². The summed E-state index contributed by atoms with van der Waals surface area (Å²) in [7, 11) is 1.56. The van der Waals surface area contributed by atoms with Gasteiger partial charge in [0.2, 0.25) is 0 Å². The summed E-state index contributed by atoms with van der Waals surface area (Å²) >= 11 is 7.34. The van der Waals surface area contributed by atoms with Crippen molar-refractivity contribution >= 4 is 40.2 Å². The summed E-state index contributed by atoms with van der Waals surface area (Å²) in [5.41, 5.74) is 10.3. The zero-order valence-electron chi connectivity index (χ0n) is 16.5. The summed E-state index contributed by atoms with van der Waals surface area (Å²) in [5.74, 6) is 0.675. The number of hydrogen-bond acceptors (Lipinski definition) is 7. The first-order valence-corrected chi connectivity index (χ1v) is 10.3. The molecule has 0 radical (unpaired) electrons.